The van der Waals surface area contributed by atoms with Crippen molar-refractivity contribution in [2.24, 2.45) is 11.3 Å². The van der Waals surface area contributed by atoms with Gasteiger partial charge in [0, 0.05) is 31.1 Å². The smallest absolute Gasteiger partial charge is 0.168 e. The molecule has 0 radical (unpaired) electrons. The quantitative estimate of drug-likeness (QED) is 0.349. The van der Waals surface area contributed by atoms with Crippen molar-refractivity contribution in [2.75, 3.05) is 13.2 Å². The first-order chi connectivity index (χ1) is 13.0. The van der Waals surface area contributed by atoms with Gasteiger partial charge in [0.15, 0.2) is 11.6 Å². The summed E-state index contributed by atoms with van der Waals surface area (Å²) in [4.78, 5) is 25.5. The number of ether oxygens (including phenoxy) is 1. The summed E-state index contributed by atoms with van der Waals surface area (Å²) in [5.41, 5.74) is 0.526. The third-order valence-corrected chi connectivity index (χ3v) is 5.11. The molecule has 4 nitrogen and oxygen atoms in total. The highest BCUT2D eigenvalue weighted by Crippen LogP contribution is 2.35. The summed E-state index contributed by atoms with van der Waals surface area (Å²) in [5, 5.41) is 3.30. The molecule has 1 aliphatic rings. The normalized spacial score (nSPS) is 17.8. The molecule has 1 rings (SSSR count). The molecule has 0 heterocycles. The van der Waals surface area contributed by atoms with Gasteiger partial charge in [-0.05, 0) is 45.4 Å². The van der Waals surface area contributed by atoms with Crippen LogP contribution in [-0.4, -0.2) is 30.3 Å². The van der Waals surface area contributed by atoms with E-state index in [1.54, 1.807) is 0 Å². The Balaban J connectivity index is 3.00. The molecule has 0 aromatic heterocycles. The largest absolute Gasteiger partial charge is 0.377 e. The van der Waals surface area contributed by atoms with Gasteiger partial charge in [-0.2, -0.15) is 0 Å². The van der Waals surface area contributed by atoms with Crippen molar-refractivity contribution in [3.05, 3.63) is 11.3 Å². The summed E-state index contributed by atoms with van der Waals surface area (Å²) in [6, 6.07) is 0. The van der Waals surface area contributed by atoms with E-state index in [0.717, 1.165) is 25.0 Å². The van der Waals surface area contributed by atoms with Gasteiger partial charge in [-0.15, -0.1) is 0 Å². The van der Waals surface area contributed by atoms with E-state index in [1.807, 2.05) is 34.6 Å². The fourth-order valence-electron chi connectivity index (χ4n) is 3.67. The Morgan fingerprint density at radius 2 is 1.82 bits per heavy atom. The minimum atomic E-state index is -0.302. The number of Topliss-reactive ketones (excluding diaryl/α,β-unsaturated/α-hetero) is 2. The van der Waals surface area contributed by atoms with Crippen molar-refractivity contribution in [1.82, 2.24) is 5.32 Å². The lowest BCUT2D eigenvalue weighted by Crippen LogP contribution is -2.35. The number of allylic oxidation sites excluding steroid dienone is 2. The first-order valence-electron chi connectivity index (χ1n) is 10.7. The lowest BCUT2D eigenvalue weighted by molar-refractivity contribution is -0.127. The van der Waals surface area contributed by atoms with E-state index in [2.05, 4.69) is 31.0 Å². The molecular weight excluding hydrogens is 350 g/mol. The van der Waals surface area contributed by atoms with Crippen molar-refractivity contribution in [1.29, 1.82) is 0 Å². The van der Waals surface area contributed by atoms with Crippen LogP contribution in [0.25, 0.3) is 0 Å². The molecule has 158 valence electrons. The maximum absolute atomic E-state index is 12.8. The first kappa shape index (κ1) is 24.4. The van der Waals surface area contributed by atoms with Crippen molar-refractivity contribution in [3.8, 4) is 11.8 Å². The lowest BCUT2D eigenvalue weighted by atomic mass is 9.73. The Kier molecular flexibility index (Phi) is 9.44. The summed E-state index contributed by atoms with van der Waals surface area (Å²) < 4.78 is 5.79. The maximum Gasteiger partial charge on any atom is 0.168 e. The summed E-state index contributed by atoms with van der Waals surface area (Å²) in [6.45, 7) is 15.4. The van der Waals surface area contributed by atoms with Gasteiger partial charge in [0.25, 0.3) is 0 Å². The third-order valence-electron chi connectivity index (χ3n) is 5.11. The number of carbonyl (C=O) groups is 2. The van der Waals surface area contributed by atoms with E-state index < -0.39 is 0 Å². The van der Waals surface area contributed by atoms with Crippen LogP contribution < -0.4 is 5.32 Å². The monoisotopic (exact) mass is 389 g/mol. The molecule has 0 saturated heterocycles. The maximum atomic E-state index is 12.8. The number of hydrogen-bond donors (Lipinski definition) is 1. The average Bonchev–Trinajstić information content (AvgIpc) is 2.54. The predicted octanol–water partition coefficient (Wildman–Crippen LogP) is 4.82. The van der Waals surface area contributed by atoms with Crippen LogP contribution in [0.5, 0.6) is 0 Å². The van der Waals surface area contributed by atoms with E-state index in [1.165, 1.54) is 0 Å². The molecule has 1 aliphatic carbocycles. The second-order valence-electron chi connectivity index (χ2n) is 9.27. The summed E-state index contributed by atoms with van der Waals surface area (Å²) in [5.74, 6) is 6.66. The highest BCUT2D eigenvalue weighted by Gasteiger charge is 2.37. The average molecular weight is 390 g/mol. The Hall–Kier alpha value is -1.60. The molecule has 1 atom stereocenters. The van der Waals surface area contributed by atoms with Crippen LogP contribution in [0.15, 0.2) is 11.3 Å². The fraction of sp³-hybridized carbons (Fsp3) is 0.750. The van der Waals surface area contributed by atoms with Gasteiger partial charge >= 0.3 is 0 Å². The van der Waals surface area contributed by atoms with Gasteiger partial charge in [-0.1, -0.05) is 46.0 Å². The van der Waals surface area contributed by atoms with Gasteiger partial charge in [-0.25, -0.2) is 0 Å². The molecule has 28 heavy (non-hydrogen) atoms. The zero-order valence-electron chi connectivity index (χ0n) is 19.0. The molecule has 1 fully saturated rings. The van der Waals surface area contributed by atoms with Crippen molar-refractivity contribution in [2.45, 2.75) is 92.6 Å². The SMILES string of the molecule is CCCC(C)C#CCNC(CCC(C)(C)OCC)=C1C(=O)CC(C)(C)CC1=O. The van der Waals surface area contributed by atoms with E-state index in [9.17, 15) is 9.59 Å². The number of nitrogens with one attached hydrogen (secondary N) is 1. The van der Waals surface area contributed by atoms with Gasteiger partial charge in [0.2, 0.25) is 0 Å². The molecule has 0 aromatic carbocycles. The summed E-state index contributed by atoms with van der Waals surface area (Å²) in [6.07, 6.45) is 4.35. The zero-order chi connectivity index (χ0) is 21.4. The molecule has 0 spiro atoms. The van der Waals surface area contributed by atoms with Crippen LogP contribution >= 0.6 is 0 Å². The molecule has 0 aliphatic heterocycles. The van der Waals surface area contributed by atoms with Crippen LogP contribution in [0.2, 0.25) is 0 Å². The Morgan fingerprint density at radius 1 is 1.21 bits per heavy atom. The van der Waals surface area contributed by atoms with Gasteiger partial charge in [0.05, 0.1) is 17.7 Å². The first-order valence-corrected chi connectivity index (χ1v) is 10.7. The minimum Gasteiger partial charge on any atom is -0.377 e. The van der Waals surface area contributed by atoms with Crippen LogP contribution in [0.1, 0.15) is 87.0 Å². The molecule has 0 aromatic rings. The second-order valence-corrected chi connectivity index (χ2v) is 9.27. The van der Waals surface area contributed by atoms with E-state index in [-0.39, 0.29) is 22.6 Å². The summed E-state index contributed by atoms with van der Waals surface area (Å²) in [7, 11) is 0. The molecule has 1 unspecified atom stereocenters. The van der Waals surface area contributed by atoms with Crippen LogP contribution in [0.3, 0.4) is 0 Å². The summed E-state index contributed by atoms with van der Waals surface area (Å²) >= 11 is 0. The minimum absolute atomic E-state index is 0.0507. The number of hydrogen-bond acceptors (Lipinski definition) is 4. The Morgan fingerprint density at radius 3 is 2.36 bits per heavy atom. The van der Waals surface area contributed by atoms with Gasteiger partial charge < -0.3 is 10.1 Å². The van der Waals surface area contributed by atoms with Gasteiger partial charge in [-0.3, -0.25) is 9.59 Å². The van der Waals surface area contributed by atoms with E-state index >= 15 is 0 Å². The number of carbonyl (C=O) groups excluding carboxylic acids is 2. The molecule has 1 saturated carbocycles. The topological polar surface area (TPSA) is 55.4 Å². The Labute approximate surface area is 171 Å². The molecule has 0 amide bonds. The molecule has 0 bridgehead atoms. The third kappa shape index (κ3) is 8.19. The molecular formula is C24H39NO3. The standard InChI is InChI=1S/C24H39NO3/c1-8-11-18(3)12-10-15-25-19(13-14-24(6,7)28-9-2)22-20(26)16-23(4,5)17-21(22)27/h18,25H,8-9,11,13-17H2,1-7H3. The fourth-order valence-corrected chi connectivity index (χ4v) is 3.67. The lowest BCUT2D eigenvalue weighted by Gasteiger charge is -2.31. The van der Waals surface area contributed by atoms with Gasteiger partial charge in [0.1, 0.15) is 0 Å². The second kappa shape index (κ2) is 10.8. The van der Waals surface area contributed by atoms with E-state index in [4.69, 9.17) is 4.74 Å². The van der Waals surface area contributed by atoms with Crippen molar-refractivity contribution in [3.63, 3.8) is 0 Å². The zero-order valence-corrected chi connectivity index (χ0v) is 19.0. The highest BCUT2D eigenvalue weighted by molar-refractivity contribution is 6.22. The number of rotatable bonds is 9. The van der Waals surface area contributed by atoms with Crippen LogP contribution in [0.4, 0.5) is 0 Å². The van der Waals surface area contributed by atoms with Crippen LogP contribution in [0, 0.1) is 23.2 Å². The number of ketones is 2. The van der Waals surface area contributed by atoms with Crippen molar-refractivity contribution < 1.29 is 14.3 Å². The van der Waals surface area contributed by atoms with E-state index in [0.29, 0.717) is 43.9 Å². The molecule has 1 N–H and O–H groups in total. The Bertz CT molecular complexity index is 624. The van der Waals surface area contributed by atoms with Crippen LogP contribution in [-0.2, 0) is 14.3 Å². The highest BCUT2D eigenvalue weighted by atomic mass is 16.5. The predicted molar refractivity (Wildman–Crippen MR) is 115 cm³/mol. The van der Waals surface area contributed by atoms with Crippen molar-refractivity contribution >= 4 is 11.6 Å². The molecule has 4 heteroatoms.